The Morgan fingerprint density at radius 1 is 1.27 bits per heavy atom. The lowest BCUT2D eigenvalue weighted by Gasteiger charge is -2.17. The number of urea groups is 1. The van der Waals surface area contributed by atoms with Crippen LogP contribution in [0.4, 0.5) is 14.9 Å². The number of hydrogen-bond donors (Lipinski definition) is 2. The second-order valence-electron chi connectivity index (χ2n) is 7.31. The van der Waals surface area contributed by atoms with Crippen molar-refractivity contribution < 1.29 is 28.2 Å². The second-order valence-corrected chi connectivity index (χ2v) is 7.71. The predicted molar refractivity (Wildman–Crippen MR) is 122 cm³/mol. The van der Waals surface area contributed by atoms with E-state index in [-0.39, 0.29) is 16.8 Å². The number of halogens is 2. The fourth-order valence-electron chi connectivity index (χ4n) is 2.98. The van der Waals surface area contributed by atoms with E-state index in [2.05, 4.69) is 10.6 Å². The topological polar surface area (TPSA) is 97.0 Å². The summed E-state index contributed by atoms with van der Waals surface area (Å²) in [5, 5.41) is 5.24. The molecule has 1 fully saturated rings. The molecule has 1 aliphatic heterocycles. The van der Waals surface area contributed by atoms with Crippen molar-refractivity contribution in [2.45, 2.75) is 26.4 Å². The molecule has 0 aliphatic carbocycles. The number of hydrogen-bond acceptors (Lipinski definition) is 5. The Bertz CT molecular complexity index is 1100. The molecule has 2 aromatic rings. The summed E-state index contributed by atoms with van der Waals surface area (Å²) in [4.78, 5) is 38.0. The van der Waals surface area contributed by atoms with Gasteiger partial charge in [0.2, 0.25) is 5.91 Å². The fourth-order valence-corrected chi connectivity index (χ4v) is 3.24. The Kier molecular flexibility index (Phi) is 7.55. The van der Waals surface area contributed by atoms with Crippen LogP contribution in [0.5, 0.6) is 11.5 Å². The number of methoxy groups -OCH3 is 1. The number of nitrogens with zero attached hydrogens (tertiary/aromatic N) is 1. The summed E-state index contributed by atoms with van der Waals surface area (Å²) in [6.07, 6.45) is 2.13. The zero-order valence-electron chi connectivity index (χ0n) is 18.3. The average molecular weight is 476 g/mol. The van der Waals surface area contributed by atoms with Crippen LogP contribution in [0.1, 0.15) is 25.8 Å². The minimum atomic E-state index is -0.740. The first-order valence-electron chi connectivity index (χ1n) is 10.2. The summed E-state index contributed by atoms with van der Waals surface area (Å²) < 4.78 is 24.2. The van der Waals surface area contributed by atoms with Crippen molar-refractivity contribution in [2.24, 2.45) is 0 Å². The van der Waals surface area contributed by atoms with E-state index in [1.807, 2.05) is 13.8 Å². The number of ether oxygens (including phenoxy) is 2. The SMILES string of the molecule is CC[C@@H](C)Oc1c(Cl)cc(/C=C2\NC(=O)N(CC(=O)Nc3ccc(F)cc3)C2=O)cc1OC. The molecule has 0 spiro atoms. The van der Waals surface area contributed by atoms with Crippen molar-refractivity contribution in [3.63, 3.8) is 0 Å². The van der Waals surface area contributed by atoms with Crippen LogP contribution >= 0.6 is 11.6 Å². The van der Waals surface area contributed by atoms with E-state index in [9.17, 15) is 18.8 Å². The van der Waals surface area contributed by atoms with Gasteiger partial charge in [-0.05, 0) is 61.4 Å². The highest BCUT2D eigenvalue weighted by Gasteiger charge is 2.35. The van der Waals surface area contributed by atoms with E-state index >= 15 is 0 Å². The van der Waals surface area contributed by atoms with E-state index in [0.29, 0.717) is 22.7 Å². The molecular formula is C23H23ClFN3O5. The van der Waals surface area contributed by atoms with Gasteiger partial charge in [0.15, 0.2) is 11.5 Å². The maximum absolute atomic E-state index is 13.0. The van der Waals surface area contributed by atoms with E-state index in [1.165, 1.54) is 37.5 Å². The summed E-state index contributed by atoms with van der Waals surface area (Å²) in [6, 6.07) is 7.58. The molecule has 1 saturated heterocycles. The van der Waals surface area contributed by atoms with E-state index in [0.717, 1.165) is 11.3 Å². The Hall–Kier alpha value is -3.59. The molecule has 1 aliphatic rings. The summed E-state index contributed by atoms with van der Waals surface area (Å²) >= 11 is 6.36. The smallest absolute Gasteiger partial charge is 0.329 e. The molecule has 0 saturated carbocycles. The third kappa shape index (κ3) is 5.81. The predicted octanol–water partition coefficient (Wildman–Crippen LogP) is 4.20. The molecule has 3 rings (SSSR count). The number of imide groups is 1. The van der Waals surface area contributed by atoms with Crippen LogP contribution in [0.2, 0.25) is 5.02 Å². The van der Waals surface area contributed by atoms with E-state index < -0.39 is 30.2 Å². The third-order valence-electron chi connectivity index (χ3n) is 4.85. The maximum Gasteiger partial charge on any atom is 0.329 e. The van der Waals surface area contributed by atoms with Gasteiger partial charge in [0.25, 0.3) is 5.91 Å². The molecule has 0 bridgehead atoms. The number of carbonyl (C=O) groups excluding carboxylic acids is 3. The molecule has 0 radical (unpaired) electrons. The summed E-state index contributed by atoms with van der Waals surface area (Å²) in [5.74, 6) is -0.974. The number of benzene rings is 2. The molecule has 2 N–H and O–H groups in total. The molecule has 33 heavy (non-hydrogen) atoms. The molecular weight excluding hydrogens is 453 g/mol. The number of amides is 4. The standard InChI is InChI=1S/C23H23ClFN3O5/c1-4-13(2)33-21-17(24)9-14(11-19(21)32-3)10-18-22(30)28(23(31)27-18)12-20(29)26-16-7-5-15(25)6-8-16/h5-11,13H,4,12H2,1-3H3,(H,26,29)(H,27,31)/b18-10-/t13-/m1/s1. The van der Waals surface area contributed by atoms with Gasteiger partial charge in [-0.25, -0.2) is 14.1 Å². The van der Waals surface area contributed by atoms with Crippen molar-refractivity contribution in [3.05, 3.63) is 58.5 Å². The van der Waals surface area contributed by atoms with Crippen molar-refractivity contribution in [2.75, 3.05) is 19.0 Å². The number of rotatable bonds is 8. The van der Waals surface area contributed by atoms with Crippen LogP contribution in [-0.2, 0) is 9.59 Å². The van der Waals surface area contributed by atoms with Crippen molar-refractivity contribution in [1.82, 2.24) is 10.2 Å². The molecule has 1 heterocycles. The molecule has 10 heteroatoms. The van der Waals surface area contributed by atoms with E-state index in [1.54, 1.807) is 12.1 Å². The van der Waals surface area contributed by atoms with Crippen molar-refractivity contribution >= 4 is 41.2 Å². The molecule has 8 nitrogen and oxygen atoms in total. The third-order valence-corrected chi connectivity index (χ3v) is 5.13. The largest absolute Gasteiger partial charge is 0.493 e. The van der Waals surface area contributed by atoms with Crippen molar-refractivity contribution in [1.29, 1.82) is 0 Å². The summed E-state index contributed by atoms with van der Waals surface area (Å²) in [6.45, 7) is 3.37. The van der Waals surface area contributed by atoms with Crippen LogP contribution < -0.4 is 20.1 Å². The summed E-state index contributed by atoms with van der Waals surface area (Å²) in [7, 11) is 1.47. The fraction of sp³-hybridized carbons (Fsp3) is 0.261. The quantitative estimate of drug-likeness (QED) is 0.440. The van der Waals surface area contributed by atoms with Crippen LogP contribution in [0, 0.1) is 5.82 Å². The van der Waals surface area contributed by atoms with Crippen LogP contribution in [0.3, 0.4) is 0 Å². The Morgan fingerprint density at radius 2 is 1.97 bits per heavy atom. The van der Waals surface area contributed by atoms with Crippen molar-refractivity contribution in [3.8, 4) is 11.5 Å². The highest BCUT2D eigenvalue weighted by atomic mass is 35.5. The van der Waals surface area contributed by atoms with Crippen LogP contribution in [0.15, 0.2) is 42.1 Å². The molecule has 0 unspecified atom stereocenters. The average Bonchev–Trinajstić information content (AvgIpc) is 3.04. The first-order chi connectivity index (χ1) is 15.7. The van der Waals surface area contributed by atoms with Gasteiger partial charge in [-0.15, -0.1) is 0 Å². The highest BCUT2D eigenvalue weighted by molar-refractivity contribution is 6.32. The number of anilines is 1. The minimum absolute atomic E-state index is 0.0247. The molecule has 2 aromatic carbocycles. The highest BCUT2D eigenvalue weighted by Crippen LogP contribution is 2.38. The van der Waals surface area contributed by atoms with Crippen LogP contribution in [-0.4, -0.2) is 42.5 Å². The van der Waals surface area contributed by atoms with Gasteiger partial charge < -0.3 is 20.1 Å². The lowest BCUT2D eigenvalue weighted by Crippen LogP contribution is -2.38. The molecule has 0 aromatic heterocycles. The zero-order valence-corrected chi connectivity index (χ0v) is 19.0. The summed E-state index contributed by atoms with van der Waals surface area (Å²) in [5.41, 5.74) is 0.809. The lowest BCUT2D eigenvalue weighted by atomic mass is 10.1. The van der Waals surface area contributed by atoms with Gasteiger partial charge in [-0.3, -0.25) is 9.59 Å². The van der Waals surface area contributed by atoms with Gasteiger partial charge in [-0.2, -0.15) is 0 Å². The maximum atomic E-state index is 13.0. The first kappa shape index (κ1) is 24.1. The van der Waals surface area contributed by atoms with Gasteiger partial charge in [0, 0.05) is 5.69 Å². The minimum Gasteiger partial charge on any atom is -0.493 e. The molecule has 174 valence electrons. The Labute approximate surface area is 195 Å². The first-order valence-corrected chi connectivity index (χ1v) is 10.5. The Morgan fingerprint density at radius 3 is 2.61 bits per heavy atom. The number of carbonyl (C=O) groups is 3. The lowest BCUT2D eigenvalue weighted by molar-refractivity contribution is -0.127. The van der Waals surface area contributed by atoms with Gasteiger partial charge >= 0.3 is 6.03 Å². The van der Waals surface area contributed by atoms with E-state index in [4.69, 9.17) is 21.1 Å². The van der Waals surface area contributed by atoms with Gasteiger partial charge in [0.1, 0.15) is 18.1 Å². The van der Waals surface area contributed by atoms with Gasteiger partial charge in [0.05, 0.1) is 18.2 Å². The zero-order chi connectivity index (χ0) is 24.1. The second kappa shape index (κ2) is 10.4. The molecule has 1 atom stereocenters. The number of nitrogens with one attached hydrogen (secondary N) is 2. The van der Waals surface area contributed by atoms with Gasteiger partial charge in [-0.1, -0.05) is 18.5 Å². The van der Waals surface area contributed by atoms with Crippen LogP contribution in [0.25, 0.3) is 6.08 Å². The monoisotopic (exact) mass is 475 g/mol. The molecule has 4 amide bonds. The normalized spacial score (nSPS) is 15.4. The Balaban J connectivity index is 1.75.